The molecule has 0 atom stereocenters. The third-order valence-electron chi connectivity index (χ3n) is 4.44. The molecule has 0 N–H and O–H groups in total. The molecule has 1 aliphatic heterocycles. The van der Waals surface area contributed by atoms with E-state index < -0.39 is 0 Å². The average molecular weight is 422 g/mol. The lowest BCUT2D eigenvalue weighted by molar-refractivity contribution is -0.119. The van der Waals surface area contributed by atoms with Crippen molar-refractivity contribution in [1.82, 2.24) is 0 Å². The topological polar surface area (TPSA) is 46.6 Å². The molecular weight excluding hydrogens is 402 g/mol. The third-order valence-corrected chi connectivity index (χ3v) is 6.47. The van der Waals surface area contributed by atoms with Crippen LogP contribution in [0.1, 0.15) is 17.4 Å². The molecule has 0 unspecified atom stereocenters. The van der Waals surface area contributed by atoms with Gasteiger partial charge in [0.15, 0.2) is 0 Å². The molecule has 1 aliphatic rings. The van der Waals surface area contributed by atoms with Crippen LogP contribution in [0.5, 0.6) is 5.75 Å². The van der Waals surface area contributed by atoms with Crippen molar-refractivity contribution in [1.29, 1.82) is 0 Å². The van der Waals surface area contributed by atoms with E-state index in [4.69, 9.17) is 4.74 Å². The van der Waals surface area contributed by atoms with Crippen molar-refractivity contribution in [3.05, 3.63) is 87.5 Å². The maximum Gasteiger partial charge on any atom is 0.272 e. The number of amides is 2. The van der Waals surface area contributed by atoms with Crippen molar-refractivity contribution >= 4 is 46.2 Å². The molecule has 0 saturated carbocycles. The summed E-state index contributed by atoms with van der Waals surface area (Å²) in [5.74, 6) is 0.780. The van der Waals surface area contributed by atoms with Gasteiger partial charge in [0.1, 0.15) is 5.75 Å². The van der Waals surface area contributed by atoms with Crippen LogP contribution >= 0.6 is 23.1 Å². The number of thioether (sulfide) groups is 1. The van der Waals surface area contributed by atoms with Gasteiger partial charge in [-0.3, -0.25) is 9.59 Å². The van der Waals surface area contributed by atoms with Crippen molar-refractivity contribution in [2.24, 2.45) is 0 Å². The Hall–Kier alpha value is -2.83. The molecule has 0 aliphatic carbocycles. The molecule has 146 valence electrons. The van der Waals surface area contributed by atoms with Gasteiger partial charge in [-0.05, 0) is 48.2 Å². The summed E-state index contributed by atoms with van der Waals surface area (Å²) < 4.78 is 5.46. The van der Waals surface area contributed by atoms with E-state index in [1.165, 1.54) is 28.0 Å². The number of ether oxygens (including phenoxy) is 1. The number of anilines is 1. The highest BCUT2D eigenvalue weighted by Gasteiger charge is 2.40. The second-order valence-electron chi connectivity index (χ2n) is 6.33. The van der Waals surface area contributed by atoms with Crippen LogP contribution in [-0.2, 0) is 15.3 Å². The molecule has 3 aromatic rings. The van der Waals surface area contributed by atoms with Crippen molar-refractivity contribution in [3.8, 4) is 5.75 Å². The molecule has 0 bridgehead atoms. The van der Waals surface area contributed by atoms with Gasteiger partial charge in [-0.25, -0.2) is 4.90 Å². The van der Waals surface area contributed by atoms with Crippen LogP contribution in [0.4, 0.5) is 5.69 Å². The summed E-state index contributed by atoms with van der Waals surface area (Å²) in [5, 5.41) is 1.92. The zero-order valence-corrected chi connectivity index (χ0v) is 17.5. The van der Waals surface area contributed by atoms with Crippen LogP contribution in [-0.4, -0.2) is 18.4 Å². The molecule has 4 rings (SSSR count). The minimum Gasteiger partial charge on any atom is -0.494 e. The Kier molecular flexibility index (Phi) is 5.83. The second kappa shape index (κ2) is 8.68. The molecule has 2 heterocycles. The van der Waals surface area contributed by atoms with E-state index in [-0.39, 0.29) is 11.8 Å². The Morgan fingerprint density at radius 1 is 0.931 bits per heavy atom. The predicted molar refractivity (Wildman–Crippen MR) is 119 cm³/mol. The van der Waals surface area contributed by atoms with E-state index in [0.717, 1.165) is 10.4 Å². The van der Waals surface area contributed by atoms with Gasteiger partial charge in [-0.15, -0.1) is 23.1 Å². The van der Waals surface area contributed by atoms with Gasteiger partial charge in [-0.2, -0.15) is 0 Å². The monoisotopic (exact) mass is 421 g/mol. The summed E-state index contributed by atoms with van der Waals surface area (Å²) in [6.07, 6.45) is 0. The van der Waals surface area contributed by atoms with Gasteiger partial charge < -0.3 is 4.74 Å². The molecule has 2 aromatic carbocycles. The molecule has 29 heavy (non-hydrogen) atoms. The predicted octanol–water partition coefficient (Wildman–Crippen LogP) is 5.36. The Bertz CT molecular complexity index is 1040. The average Bonchev–Trinajstić information content (AvgIpc) is 3.35. The summed E-state index contributed by atoms with van der Waals surface area (Å²) in [6.45, 7) is 2.47. The first kappa shape index (κ1) is 19.5. The number of carbonyl (C=O) groups excluding carboxylic acids is 2. The SMILES string of the molecule is CCOc1ccc(N2C(=O)C(SCc3ccccc3)=C(c3cccs3)C2=O)cc1. The smallest absolute Gasteiger partial charge is 0.272 e. The van der Waals surface area contributed by atoms with E-state index in [1.807, 2.05) is 54.8 Å². The Morgan fingerprint density at radius 3 is 2.34 bits per heavy atom. The van der Waals surface area contributed by atoms with Gasteiger partial charge in [0.05, 0.1) is 22.8 Å². The summed E-state index contributed by atoms with van der Waals surface area (Å²) in [7, 11) is 0. The maximum atomic E-state index is 13.3. The molecule has 4 nitrogen and oxygen atoms in total. The van der Waals surface area contributed by atoms with Crippen LogP contribution in [0.3, 0.4) is 0 Å². The number of carbonyl (C=O) groups is 2. The molecule has 0 radical (unpaired) electrons. The number of hydrogen-bond donors (Lipinski definition) is 0. The fourth-order valence-electron chi connectivity index (χ4n) is 3.10. The van der Waals surface area contributed by atoms with Crippen LogP contribution in [0.2, 0.25) is 0 Å². The summed E-state index contributed by atoms with van der Waals surface area (Å²) in [4.78, 5) is 29.1. The number of benzene rings is 2. The molecule has 6 heteroatoms. The van der Waals surface area contributed by atoms with Crippen LogP contribution in [0.15, 0.2) is 77.0 Å². The number of rotatable bonds is 7. The van der Waals surface area contributed by atoms with E-state index in [0.29, 0.717) is 34.3 Å². The number of hydrogen-bond acceptors (Lipinski definition) is 5. The third kappa shape index (κ3) is 3.99. The quantitative estimate of drug-likeness (QED) is 0.482. The largest absolute Gasteiger partial charge is 0.494 e. The fourth-order valence-corrected chi connectivity index (χ4v) is 5.00. The van der Waals surface area contributed by atoms with Gasteiger partial charge in [0.25, 0.3) is 11.8 Å². The second-order valence-corrected chi connectivity index (χ2v) is 8.26. The Balaban J connectivity index is 1.66. The standard InChI is InChI=1S/C23H19NO3S2/c1-2-27-18-12-10-17(11-13-18)24-22(25)20(19-9-6-14-28-19)21(23(24)26)29-15-16-7-4-3-5-8-16/h3-14H,2,15H2,1H3. The van der Waals surface area contributed by atoms with E-state index in [1.54, 1.807) is 24.3 Å². The molecule has 0 fully saturated rings. The number of thiophene rings is 1. The van der Waals surface area contributed by atoms with Crippen molar-refractivity contribution < 1.29 is 14.3 Å². The van der Waals surface area contributed by atoms with E-state index >= 15 is 0 Å². The van der Waals surface area contributed by atoms with Gasteiger partial charge in [0.2, 0.25) is 0 Å². The lowest BCUT2D eigenvalue weighted by Crippen LogP contribution is -2.31. The van der Waals surface area contributed by atoms with Gasteiger partial charge in [-0.1, -0.05) is 36.4 Å². The fraction of sp³-hybridized carbons (Fsp3) is 0.130. The Morgan fingerprint density at radius 2 is 1.69 bits per heavy atom. The highest BCUT2D eigenvalue weighted by molar-refractivity contribution is 8.03. The lowest BCUT2D eigenvalue weighted by atomic mass is 10.2. The first-order valence-electron chi connectivity index (χ1n) is 9.25. The van der Waals surface area contributed by atoms with Crippen LogP contribution in [0.25, 0.3) is 5.57 Å². The molecule has 2 amide bonds. The normalized spacial score (nSPS) is 14.0. The number of nitrogens with zero attached hydrogens (tertiary/aromatic N) is 1. The summed E-state index contributed by atoms with van der Waals surface area (Å²) >= 11 is 2.88. The zero-order chi connectivity index (χ0) is 20.2. The van der Waals surface area contributed by atoms with Gasteiger partial charge in [0, 0.05) is 10.6 Å². The highest BCUT2D eigenvalue weighted by Crippen LogP contribution is 2.41. The minimum absolute atomic E-state index is 0.275. The molecule has 1 aromatic heterocycles. The summed E-state index contributed by atoms with van der Waals surface area (Å²) in [6, 6.07) is 20.8. The maximum absolute atomic E-state index is 13.3. The zero-order valence-electron chi connectivity index (χ0n) is 15.8. The highest BCUT2D eigenvalue weighted by atomic mass is 32.2. The van der Waals surface area contributed by atoms with E-state index in [9.17, 15) is 9.59 Å². The lowest BCUT2D eigenvalue weighted by Gasteiger charge is -2.15. The first-order chi connectivity index (χ1) is 14.2. The van der Waals surface area contributed by atoms with E-state index in [2.05, 4.69) is 0 Å². The van der Waals surface area contributed by atoms with Crippen molar-refractivity contribution in [2.75, 3.05) is 11.5 Å². The molecular formula is C23H19NO3S2. The van der Waals surface area contributed by atoms with Gasteiger partial charge >= 0.3 is 0 Å². The Labute approximate surface area is 177 Å². The number of imide groups is 1. The first-order valence-corrected chi connectivity index (χ1v) is 11.1. The van der Waals surface area contributed by atoms with Crippen LogP contribution < -0.4 is 9.64 Å². The summed E-state index contributed by atoms with van der Waals surface area (Å²) in [5.41, 5.74) is 2.14. The van der Waals surface area contributed by atoms with Crippen LogP contribution in [0, 0.1) is 0 Å². The molecule has 0 spiro atoms. The van der Waals surface area contributed by atoms with Crippen molar-refractivity contribution in [3.63, 3.8) is 0 Å². The molecule has 0 saturated heterocycles. The van der Waals surface area contributed by atoms with Crippen molar-refractivity contribution in [2.45, 2.75) is 12.7 Å². The minimum atomic E-state index is -0.280.